The Morgan fingerprint density at radius 1 is 0.966 bits per heavy atom. The first-order valence-corrected chi connectivity index (χ1v) is 11.1. The summed E-state index contributed by atoms with van der Waals surface area (Å²) >= 11 is 6.31. The molecule has 4 rings (SSSR count). The maximum Gasteiger partial charge on any atom is 0.261 e. The number of hydrogen-bond acceptors (Lipinski definition) is 3. The van der Waals surface area contributed by atoms with Gasteiger partial charge in [-0.15, -0.1) is 0 Å². The molecule has 1 aliphatic heterocycles. The van der Waals surface area contributed by atoms with Gasteiger partial charge in [0.2, 0.25) is 0 Å². The second-order valence-corrected chi connectivity index (χ2v) is 8.89. The molecular formula is C22H19ClN2O3S. The molecule has 0 fully saturated rings. The van der Waals surface area contributed by atoms with Crippen molar-refractivity contribution < 1.29 is 13.2 Å². The minimum Gasteiger partial charge on any atom is -0.308 e. The normalized spacial score (nSPS) is 13.6. The highest BCUT2D eigenvalue weighted by atomic mass is 35.5. The molecule has 1 aliphatic rings. The van der Waals surface area contributed by atoms with Crippen LogP contribution in [0, 0.1) is 0 Å². The molecule has 0 aromatic heterocycles. The molecule has 1 heterocycles. The summed E-state index contributed by atoms with van der Waals surface area (Å²) in [6.45, 7) is 0.635. The summed E-state index contributed by atoms with van der Waals surface area (Å²) in [5.41, 5.74) is 2.69. The van der Waals surface area contributed by atoms with Crippen molar-refractivity contribution in [1.82, 2.24) is 0 Å². The predicted octanol–water partition coefficient (Wildman–Crippen LogP) is 4.73. The molecule has 1 N–H and O–H groups in total. The Hall–Kier alpha value is -2.83. The Labute approximate surface area is 175 Å². The lowest BCUT2D eigenvalue weighted by molar-refractivity contribution is 0.0985. The highest BCUT2D eigenvalue weighted by Crippen LogP contribution is 2.30. The van der Waals surface area contributed by atoms with Crippen LogP contribution in [0.3, 0.4) is 0 Å². The van der Waals surface area contributed by atoms with Gasteiger partial charge >= 0.3 is 0 Å². The zero-order chi connectivity index (χ0) is 20.4. The highest BCUT2D eigenvalue weighted by Gasteiger charge is 2.24. The molecule has 148 valence electrons. The smallest absolute Gasteiger partial charge is 0.261 e. The standard InChI is InChI=1S/C22H19ClN2O3S/c23-19-15-17(22(26)25-14-6-8-16-7-4-5-11-21(16)25)12-13-20(19)24-29(27,28)18-9-2-1-3-10-18/h1-5,7,9-13,15,24H,6,8,14H2. The van der Waals surface area contributed by atoms with Crippen molar-refractivity contribution in [1.29, 1.82) is 0 Å². The molecule has 0 aliphatic carbocycles. The number of aryl methyl sites for hydroxylation is 1. The lowest BCUT2D eigenvalue weighted by atomic mass is 10.0. The van der Waals surface area contributed by atoms with Crippen LogP contribution in [0.25, 0.3) is 0 Å². The fraction of sp³-hybridized carbons (Fsp3) is 0.136. The third kappa shape index (κ3) is 3.99. The van der Waals surface area contributed by atoms with E-state index in [2.05, 4.69) is 4.72 Å². The molecule has 5 nitrogen and oxygen atoms in total. The van der Waals surface area contributed by atoms with Crippen LogP contribution < -0.4 is 9.62 Å². The number of fused-ring (bicyclic) bond motifs is 1. The summed E-state index contributed by atoms with van der Waals surface area (Å²) in [6.07, 6.45) is 1.84. The van der Waals surface area contributed by atoms with E-state index in [1.165, 1.54) is 24.3 Å². The van der Waals surface area contributed by atoms with Gasteiger partial charge in [0.1, 0.15) is 0 Å². The van der Waals surface area contributed by atoms with E-state index in [9.17, 15) is 13.2 Å². The fourth-order valence-corrected chi connectivity index (χ4v) is 4.82. The van der Waals surface area contributed by atoms with Crippen molar-refractivity contribution in [2.45, 2.75) is 17.7 Å². The first kappa shape index (κ1) is 19.5. The van der Waals surface area contributed by atoms with Gasteiger partial charge in [-0.3, -0.25) is 9.52 Å². The van der Waals surface area contributed by atoms with Gasteiger partial charge in [0.05, 0.1) is 15.6 Å². The van der Waals surface area contributed by atoms with Gasteiger partial charge in [0, 0.05) is 17.8 Å². The minimum atomic E-state index is -3.76. The lowest BCUT2D eigenvalue weighted by Crippen LogP contribution is -2.35. The number of para-hydroxylation sites is 1. The zero-order valence-electron chi connectivity index (χ0n) is 15.5. The molecule has 7 heteroatoms. The minimum absolute atomic E-state index is 0.140. The largest absolute Gasteiger partial charge is 0.308 e. The average molecular weight is 427 g/mol. The predicted molar refractivity (Wildman–Crippen MR) is 115 cm³/mol. The van der Waals surface area contributed by atoms with Crippen LogP contribution in [-0.4, -0.2) is 20.9 Å². The second-order valence-electron chi connectivity index (χ2n) is 6.80. The number of halogens is 1. The summed E-state index contributed by atoms with van der Waals surface area (Å²) in [4.78, 5) is 14.9. The zero-order valence-corrected chi connectivity index (χ0v) is 17.1. The van der Waals surface area contributed by atoms with E-state index in [0.717, 1.165) is 24.1 Å². The number of benzene rings is 3. The Kier molecular flexibility index (Phi) is 5.30. The fourth-order valence-electron chi connectivity index (χ4n) is 3.43. The molecule has 0 saturated heterocycles. The number of anilines is 2. The molecule has 29 heavy (non-hydrogen) atoms. The number of nitrogens with zero attached hydrogens (tertiary/aromatic N) is 1. The van der Waals surface area contributed by atoms with Crippen LogP contribution in [0.5, 0.6) is 0 Å². The number of nitrogens with one attached hydrogen (secondary N) is 1. The summed E-state index contributed by atoms with van der Waals surface area (Å²) < 4.78 is 27.5. The van der Waals surface area contributed by atoms with Gasteiger partial charge in [0.15, 0.2) is 0 Å². The van der Waals surface area contributed by atoms with Gasteiger partial charge in [-0.1, -0.05) is 48.0 Å². The Morgan fingerprint density at radius 3 is 2.45 bits per heavy atom. The number of carbonyl (C=O) groups is 1. The van der Waals surface area contributed by atoms with Crippen LogP contribution in [0.1, 0.15) is 22.3 Å². The molecule has 0 radical (unpaired) electrons. The first-order valence-electron chi connectivity index (χ1n) is 9.23. The number of amides is 1. The second kappa shape index (κ2) is 7.89. The number of carbonyl (C=O) groups excluding carboxylic acids is 1. The van der Waals surface area contributed by atoms with Crippen LogP contribution >= 0.6 is 11.6 Å². The molecule has 3 aromatic carbocycles. The van der Waals surface area contributed by atoms with Crippen molar-refractivity contribution in [3.05, 3.63) is 88.9 Å². The van der Waals surface area contributed by atoms with Crippen molar-refractivity contribution in [2.75, 3.05) is 16.2 Å². The van der Waals surface area contributed by atoms with Gasteiger partial charge in [0.25, 0.3) is 15.9 Å². The highest BCUT2D eigenvalue weighted by molar-refractivity contribution is 7.92. The summed E-state index contributed by atoms with van der Waals surface area (Å²) in [6, 6.07) is 20.5. The van der Waals surface area contributed by atoms with Crippen LogP contribution in [-0.2, 0) is 16.4 Å². The molecular weight excluding hydrogens is 408 g/mol. The number of sulfonamides is 1. The maximum atomic E-state index is 13.1. The Balaban J connectivity index is 1.59. The van der Waals surface area contributed by atoms with E-state index in [4.69, 9.17) is 11.6 Å². The number of hydrogen-bond donors (Lipinski definition) is 1. The number of rotatable bonds is 4. The monoisotopic (exact) mass is 426 g/mol. The van der Waals surface area contributed by atoms with Crippen molar-refractivity contribution >= 4 is 38.9 Å². The van der Waals surface area contributed by atoms with Gasteiger partial charge in [-0.05, 0) is 54.8 Å². The SMILES string of the molecule is O=C(c1ccc(NS(=O)(=O)c2ccccc2)c(Cl)c1)N1CCCc2ccccc21. The van der Waals surface area contributed by atoms with Gasteiger partial charge in [-0.2, -0.15) is 0 Å². The summed E-state index contributed by atoms with van der Waals surface area (Å²) in [5, 5.41) is 0.167. The quantitative estimate of drug-likeness (QED) is 0.655. The van der Waals surface area contributed by atoms with E-state index in [0.29, 0.717) is 12.1 Å². The van der Waals surface area contributed by atoms with E-state index in [1.54, 1.807) is 29.2 Å². The molecule has 0 unspecified atom stereocenters. The summed E-state index contributed by atoms with van der Waals surface area (Å²) in [7, 11) is -3.76. The molecule has 0 spiro atoms. The molecule has 1 amide bonds. The maximum absolute atomic E-state index is 13.1. The van der Waals surface area contributed by atoms with E-state index in [-0.39, 0.29) is 21.5 Å². The van der Waals surface area contributed by atoms with Crippen molar-refractivity contribution in [2.24, 2.45) is 0 Å². The van der Waals surface area contributed by atoms with Crippen LogP contribution in [0.4, 0.5) is 11.4 Å². The van der Waals surface area contributed by atoms with E-state index < -0.39 is 10.0 Å². The average Bonchev–Trinajstić information content (AvgIpc) is 2.75. The Bertz CT molecular complexity index is 1160. The summed E-state index contributed by atoms with van der Waals surface area (Å²) in [5.74, 6) is -0.156. The van der Waals surface area contributed by atoms with E-state index >= 15 is 0 Å². The first-order chi connectivity index (χ1) is 14.0. The lowest BCUT2D eigenvalue weighted by Gasteiger charge is -2.29. The molecule has 0 bridgehead atoms. The topological polar surface area (TPSA) is 66.5 Å². The third-order valence-corrected chi connectivity index (χ3v) is 6.56. The Morgan fingerprint density at radius 2 is 1.69 bits per heavy atom. The molecule has 0 atom stereocenters. The van der Waals surface area contributed by atoms with Crippen molar-refractivity contribution in [3.63, 3.8) is 0 Å². The third-order valence-electron chi connectivity index (χ3n) is 4.87. The van der Waals surface area contributed by atoms with Crippen LogP contribution in [0.2, 0.25) is 5.02 Å². The van der Waals surface area contributed by atoms with Crippen molar-refractivity contribution in [3.8, 4) is 0 Å². The van der Waals surface area contributed by atoms with Crippen LogP contribution in [0.15, 0.2) is 77.7 Å². The molecule has 3 aromatic rings. The van der Waals surface area contributed by atoms with Gasteiger partial charge < -0.3 is 4.90 Å². The van der Waals surface area contributed by atoms with Gasteiger partial charge in [-0.25, -0.2) is 8.42 Å². The van der Waals surface area contributed by atoms with E-state index in [1.807, 2.05) is 24.3 Å². The molecule has 0 saturated carbocycles.